The van der Waals surface area contributed by atoms with E-state index in [1.54, 1.807) is 0 Å². The summed E-state index contributed by atoms with van der Waals surface area (Å²) in [6.45, 7) is 5.69. The molecule has 0 radical (unpaired) electrons. The first-order valence-corrected chi connectivity index (χ1v) is 7.39. The van der Waals surface area contributed by atoms with Crippen molar-refractivity contribution in [2.45, 2.75) is 51.7 Å². The maximum absolute atomic E-state index is 12.2. The monoisotopic (exact) mass is 311 g/mol. The average Bonchev–Trinajstić information content (AvgIpc) is 2.70. The van der Waals surface area contributed by atoms with Crippen molar-refractivity contribution in [1.82, 2.24) is 0 Å². The molecule has 1 saturated carbocycles. The van der Waals surface area contributed by atoms with Crippen LogP contribution in [0.25, 0.3) is 0 Å². The number of halogens is 1. The van der Waals surface area contributed by atoms with Crippen LogP contribution in [0.2, 0.25) is 0 Å². The molecule has 0 bridgehead atoms. The van der Waals surface area contributed by atoms with Crippen molar-refractivity contribution in [3.8, 4) is 0 Å². The van der Waals surface area contributed by atoms with Gasteiger partial charge in [0.15, 0.2) is 0 Å². The lowest BCUT2D eigenvalue weighted by Gasteiger charge is -2.25. The van der Waals surface area contributed by atoms with E-state index in [0.717, 1.165) is 19.3 Å². The van der Waals surface area contributed by atoms with Crippen LogP contribution in [0.4, 0.5) is 0 Å². The standard InChI is InChI=1S/C17H25NO2.ClH/c1-17(2,3)20-16(19)14-10-9-13(15(14)18)11-12-7-5-4-6-8-12;/h4-8,13-15H,9-11,18H2,1-3H3;1H/t13-,14+,15-;/m0./s1. The summed E-state index contributed by atoms with van der Waals surface area (Å²) in [7, 11) is 0. The Balaban J connectivity index is 0.00000220. The Bertz CT molecular complexity index is 456. The lowest BCUT2D eigenvalue weighted by molar-refractivity contribution is -0.160. The first-order chi connectivity index (χ1) is 9.37. The highest BCUT2D eigenvalue weighted by atomic mass is 35.5. The molecule has 4 heteroatoms. The topological polar surface area (TPSA) is 52.3 Å². The fourth-order valence-electron chi connectivity index (χ4n) is 2.91. The normalized spacial score (nSPS) is 25.2. The zero-order valence-corrected chi connectivity index (χ0v) is 13.9. The third kappa shape index (κ3) is 5.01. The number of carbonyl (C=O) groups is 1. The zero-order chi connectivity index (χ0) is 14.8. The van der Waals surface area contributed by atoms with Gasteiger partial charge in [-0.05, 0) is 51.5 Å². The Kier molecular flexibility index (Phi) is 6.24. The Morgan fingerprint density at radius 3 is 2.43 bits per heavy atom. The van der Waals surface area contributed by atoms with Crippen LogP contribution in [0, 0.1) is 11.8 Å². The van der Waals surface area contributed by atoms with Crippen LogP contribution in [0.1, 0.15) is 39.2 Å². The molecule has 118 valence electrons. The molecule has 1 fully saturated rings. The minimum atomic E-state index is -0.436. The number of rotatable bonds is 3. The molecule has 21 heavy (non-hydrogen) atoms. The Morgan fingerprint density at radius 2 is 1.86 bits per heavy atom. The Labute approximate surface area is 133 Å². The van der Waals surface area contributed by atoms with Gasteiger partial charge in [0.05, 0.1) is 5.92 Å². The van der Waals surface area contributed by atoms with Gasteiger partial charge in [-0.2, -0.15) is 0 Å². The number of esters is 1. The first-order valence-electron chi connectivity index (χ1n) is 7.39. The van der Waals surface area contributed by atoms with E-state index < -0.39 is 5.60 Å². The van der Waals surface area contributed by atoms with Crippen molar-refractivity contribution in [1.29, 1.82) is 0 Å². The number of nitrogens with two attached hydrogens (primary N) is 1. The molecule has 0 unspecified atom stereocenters. The number of benzene rings is 1. The lowest BCUT2D eigenvalue weighted by Crippen LogP contribution is -2.39. The largest absolute Gasteiger partial charge is 0.460 e. The quantitative estimate of drug-likeness (QED) is 0.871. The number of carbonyl (C=O) groups excluding carboxylic acids is 1. The van der Waals surface area contributed by atoms with Crippen molar-refractivity contribution in [2.24, 2.45) is 17.6 Å². The summed E-state index contributed by atoms with van der Waals surface area (Å²) in [6.07, 6.45) is 2.79. The first kappa shape index (κ1) is 18.0. The zero-order valence-electron chi connectivity index (χ0n) is 13.0. The minimum Gasteiger partial charge on any atom is -0.460 e. The van der Waals surface area contributed by atoms with Gasteiger partial charge in [0.2, 0.25) is 0 Å². The Hall–Kier alpha value is -1.06. The van der Waals surface area contributed by atoms with Crippen molar-refractivity contribution in [3.05, 3.63) is 35.9 Å². The summed E-state index contributed by atoms with van der Waals surface area (Å²) in [5.74, 6) is 0.0819. The van der Waals surface area contributed by atoms with Crippen LogP contribution in [-0.4, -0.2) is 17.6 Å². The maximum atomic E-state index is 12.2. The van der Waals surface area contributed by atoms with Crippen LogP contribution in [0.15, 0.2) is 30.3 Å². The number of ether oxygens (including phenoxy) is 1. The molecule has 0 heterocycles. The third-order valence-electron chi connectivity index (χ3n) is 3.91. The van der Waals surface area contributed by atoms with Crippen LogP contribution < -0.4 is 5.73 Å². The SMILES string of the molecule is CC(C)(C)OC(=O)[C@@H]1CC[C@@H](Cc2ccccc2)[C@@H]1N.Cl. The molecule has 1 aliphatic carbocycles. The van der Waals surface area contributed by atoms with E-state index in [1.165, 1.54) is 5.56 Å². The van der Waals surface area contributed by atoms with E-state index >= 15 is 0 Å². The van der Waals surface area contributed by atoms with Gasteiger partial charge in [0.1, 0.15) is 5.60 Å². The molecule has 3 nitrogen and oxygen atoms in total. The second-order valence-corrected chi connectivity index (χ2v) is 6.74. The second-order valence-electron chi connectivity index (χ2n) is 6.74. The summed E-state index contributed by atoms with van der Waals surface area (Å²) < 4.78 is 5.47. The van der Waals surface area contributed by atoms with Crippen LogP contribution in [0.3, 0.4) is 0 Å². The van der Waals surface area contributed by atoms with E-state index in [1.807, 2.05) is 39.0 Å². The summed E-state index contributed by atoms with van der Waals surface area (Å²) in [6, 6.07) is 10.2. The summed E-state index contributed by atoms with van der Waals surface area (Å²) in [5, 5.41) is 0. The van der Waals surface area contributed by atoms with Gasteiger partial charge in [-0.15, -0.1) is 12.4 Å². The van der Waals surface area contributed by atoms with Crippen LogP contribution in [-0.2, 0) is 16.0 Å². The highest BCUT2D eigenvalue weighted by Crippen LogP contribution is 2.34. The van der Waals surface area contributed by atoms with Crippen molar-refractivity contribution in [2.75, 3.05) is 0 Å². The van der Waals surface area contributed by atoms with Gasteiger partial charge < -0.3 is 10.5 Å². The molecule has 1 aromatic rings. The van der Waals surface area contributed by atoms with Gasteiger partial charge in [-0.1, -0.05) is 30.3 Å². The molecule has 0 spiro atoms. The summed E-state index contributed by atoms with van der Waals surface area (Å²) in [5.41, 5.74) is 7.14. The maximum Gasteiger partial charge on any atom is 0.311 e. The molecule has 1 aromatic carbocycles. The molecular formula is C17H26ClNO2. The van der Waals surface area contributed by atoms with Crippen LogP contribution in [0.5, 0.6) is 0 Å². The van der Waals surface area contributed by atoms with Crippen molar-refractivity contribution < 1.29 is 9.53 Å². The van der Waals surface area contributed by atoms with Gasteiger partial charge in [0.25, 0.3) is 0 Å². The highest BCUT2D eigenvalue weighted by Gasteiger charge is 2.39. The molecule has 0 saturated heterocycles. The highest BCUT2D eigenvalue weighted by molar-refractivity contribution is 5.85. The predicted molar refractivity (Wildman–Crippen MR) is 87.4 cm³/mol. The Morgan fingerprint density at radius 1 is 1.24 bits per heavy atom. The minimum absolute atomic E-state index is 0. The number of hydrogen-bond donors (Lipinski definition) is 1. The smallest absolute Gasteiger partial charge is 0.311 e. The molecule has 3 atom stereocenters. The van der Waals surface area contributed by atoms with Crippen LogP contribution >= 0.6 is 12.4 Å². The lowest BCUT2D eigenvalue weighted by atomic mass is 9.92. The molecule has 0 amide bonds. The van der Waals surface area contributed by atoms with Gasteiger partial charge in [0, 0.05) is 6.04 Å². The van der Waals surface area contributed by atoms with E-state index in [-0.39, 0.29) is 30.3 Å². The van der Waals surface area contributed by atoms with E-state index in [0.29, 0.717) is 5.92 Å². The van der Waals surface area contributed by atoms with E-state index in [9.17, 15) is 4.79 Å². The fourth-order valence-corrected chi connectivity index (χ4v) is 2.91. The molecule has 1 aliphatic rings. The summed E-state index contributed by atoms with van der Waals surface area (Å²) in [4.78, 5) is 12.2. The predicted octanol–water partition coefficient (Wildman–Crippen LogP) is 3.35. The summed E-state index contributed by atoms with van der Waals surface area (Å²) >= 11 is 0. The fraction of sp³-hybridized carbons (Fsp3) is 0.588. The van der Waals surface area contributed by atoms with Gasteiger partial charge in [-0.25, -0.2) is 0 Å². The van der Waals surface area contributed by atoms with Gasteiger partial charge >= 0.3 is 5.97 Å². The molecule has 2 N–H and O–H groups in total. The van der Waals surface area contributed by atoms with Gasteiger partial charge in [-0.3, -0.25) is 4.79 Å². The van der Waals surface area contributed by atoms with Crippen molar-refractivity contribution in [3.63, 3.8) is 0 Å². The van der Waals surface area contributed by atoms with Crippen molar-refractivity contribution >= 4 is 18.4 Å². The number of hydrogen-bond acceptors (Lipinski definition) is 3. The molecular weight excluding hydrogens is 286 g/mol. The molecule has 0 aromatic heterocycles. The molecule has 0 aliphatic heterocycles. The van der Waals surface area contributed by atoms with E-state index in [2.05, 4.69) is 12.1 Å². The third-order valence-corrected chi connectivity index (χ3v) is 3.91. The second kappa shape index (κ2) is 7.28. The average molecular weight is 312 g/mol. The molecule has 2 rings (SSSR count). The van der Waals surface area contributed by atoms with E-state index in [4.69, 9.17) is 10.5 Å².